The zero-order chi connectivity index (χ0) is 11.7. The van der Waals surface area contributed by atoms with Crippen LogP contribution in [-0.2, 0) is 9.59 Å². The largest absolute Gasteiger partial charge is 1.00 e. The normalized spacial score (nSPS) is 8.56. The van der Waals surface area contributed by atoms with Gasteiger partial charge in [0.1, 0.15) is 0 Å². The van der Waals surface area contributed by atoms with Crippen molar-refractivity contribution >= 4 is 23.5 Å². The second kappa shape index (κ2) is 10.7. The first-order valence-corrected chi connectivity index (χ1v) is 4.24. The first-order chi connectivity index (χ1) is 7.02. The molecule has 0 bridgehead atoms. The quantitative estimate of drug-likeness (QED) is 0.532. The monoisotopic (exact) mass is 252 g/mol. The van der Waals surface area contributed by atoms with Crippen molar-refractivity contribution in [2.45, 2.75) is 0 Å². The standard InChI is InChI=1S/C6H5Cl.C4H4O4.Na.H/c7-6-4-2-1-3-5-6;5-3(6)1-2-4(7)8;;/h1-5H;1-2H,(H,5,6)(H,7,8);;/q;;+1;-1/b;2-1-;;. The minimum Gasteiger partial charge on any atom is -1.00 e. The van der Waals surface area contributed by atoms with Crippen molar-refractivity contribution in [1.82, 2.24) is 0 Å². The Bertz CT molecular complexity index is 341. The van der Waals surface area contributed by atoms with Crippen LogP contribution in [-0.4, -0.2) is 22.2 Å². The molecule has 0 fully saturated rings. The molecule has 0 saturated heterocycles. The molecule has 0 aromatic heterocycles. The van der Waals surface area contributed by atoms with E-state index in [9.17, 15) is 9.59 Å². The van der Waals surface area contributed by atoms with Gasteiger partial charge in [-0.3, -0.25) is 0 Å². The maximum absolute atomic E-state index is 9.55. The Labute approximate surface area is 121 Å². The average Bonchev–Trinajstić information content (AvgIpc) is 2.17. The molecule has 0 aliphatic rings. The van der Waals surface area contributed by atoms with Gasteiger partial charge >= 0.3 is 41.5 Å². The Kier molecular flexibility index (Phi) is 11.8. The Morgan fingerprint density at radius 1 is 1.06 bits per heavy atom. The number of hydrogen-bond acceptors (Lipinski definition) is 2. The molecule has 1 aromatic rings. The van der Waals surface area contributed by atoms with Crippen molar-refractivity contribution in [1.29, 1.82) is 0 Å². The van der Waals surface area contributed by atoms with Gasteiger partial charge in [0.2, 0.25) is 0 Å². The fraction of sp³-hybridized carbons (Fsp3) is 0. The van der Waals surface area contributed by atoms with Gasteiger partial charge in [0.05, 0.1) is 0 Å². The molecular formula is C10H10ClNaO4. The SMILES string of the molecule is Clc1ccccc1.O=C(O)/C=C\C(=O)O.[H-].[Na+]. The van der Waals surface area contributed by atoms with Crippen LogP contribution in [0.5, 0.6) is 0 Å². The molecule has 0 radical (unpaired) electrons. The van der Waals surface area contributed by atoms with Crippen molar-refractivity contribution in [3.63, 3.8) is 0 Å². The van der Waals surface area contributed by atoms with Crippen LogP contribution >= 0.6 is 11.6 Å². The molecule has 0 saturated carbocycles. The number of carboxylic acid groups (broad SMARTS) is 2. The minimum absolute atomic E-state index is 0. The van der Waals surface area contributed by atoms with E-state index in [2.05, 4.69) is 0 Å². The summed E-state index contributed by atoms with van der Waals surface area (Å²) < 4.78 is 0. The molecule has 0 spiro atoms. The van der Waals surface area contributed by atoms with E-state index in [4.69, 9.17) is 21.8 Å². The maximum atomic E-state index is 9.55. The van der Waals surface area contributed by atoms with Crippen molar-refractivity contribution in [3.8, 4) is 0 Å². The Morgan fingerprint density at radius 2 is 1.44 bits per heavy atom. The first-order valence-electron chi connectivity index (χ1n) is 3.87. The minimum atomic E-state index is -1.26. The zero-order valence-corrected chi connectivity index (χ0v) is 11.4. The second-order valence-electron chi connectivity index (χ2n) is 2.31. The topological polar surface area (TPSA) is 74.6 Å². The Hall–Kier alpha value is -0.810. The third-order valence-corrected chi connectivity index (χ3v) is 1.35. The Balaban J connectivity index is -0.000000207. The van der Waals surface area contributed by atoms with Gasteiger partial charge in [-0.1, -0.05) is 29.8 Å². The number of aliphatic carboxylic acids is 2. The summed E-state index contributed by atoms with van der Waals surface area (Å²) in [6, 6.07) is 9.44. The molecule has 6 heteroatoms. The summed E-state index contributed by atoms with van der Waals surface area (Å²) in [7, 11) is 0. The van der Waals surface area contributed by atoms with E-state index in [0.29, 0.717) is 12.2 Å². The molecule has 16 heavy (non-hydrogen) atoms. The molecule has 82 valence electrons. The van der Waals surface area contributed by atoms with Crippen LogP contribution in [0.2, 0.25) is 5.02 Å². The van der Waals surface area contributed by atoms with Gasteiger partial charge in [-0.05, 0) is 12.1 Å². The molecule has 0 aliphatic carbocycles. The van der Waals surface area contributed by atoms with E-state index in [1.165, 1.54) is 0 Å². The molecular weight excluding hydrogens is 243 g/mol. The molecule has 4 nitrogen and oxygen atoms in total. The van der Waals surface area contributed by atoms with Crippen LogP contribution in [0.15, 0.2) is 42.5 Å². The van der Waals surface area contributed by atoms with Gasteiger partial charge in [-0.2, -0.15) is 0 Å². The fourth-order valence-corrected chi connectivity index (χ4v) is 0.703. The molecule has 2 N–H and O–H groups in total. The van der Waals surface area contributed by atoms with Crippen molar-refractivity contribution in [3.05, 3.63) is 47.5 Å². The summed E-state index contributed by atoms with van der Waals surface area (Å²) in [6.45, 7) is 0. The number of carboxylic acids is 2. The summed E-state index contributed by atoms with van der Waals surface area (Å²) in [5.41, 5.74) is 0. The van der Waals surface area contributed by atoms with E-state index < -0.39 is 11.9 Å². The number of rotatable bonds is 2. The van der Waals surface area contributed by atoms with Crippen LogP contribution in [0.25, 0.3) is 0 Å². The van der Waals surface area contributed by atoms with Crippen molar-refractivity contribution in [2.24, 2.45) is 0 Å². The number of carbonyl (C=O) groups is 2. The van der Waals surface area contributed by atoms with Gasteiger partial charge in [0.15, 0.2) is 0 Å². The second-order valence-corrected chi connectivity index (χ2v) is 2.74. The summed E-state index contributed by atoms with van der Waals surface area (Å²) in [5.74, 6) is -2.51. The fourth-order valence-electron chi connectivity index (χ4n) is 0.557. The van der Waals surface area contributed by atoms with Gasteiger partial charge < -0.3 is 11.6 Å². The molecule has 0 amide bonds. The van der Waals surface area contributed by atoms with E-state index in [0.717, 1.165) is 5.02 Å². The number of hydrogen-bond donors (Lipinski definition) is 2. The summed E-state index contributed by atoms with van der Waals surface area (Å²) in [4.78, 5) is 19.1. The molecule has 0 heterocycles. The first kappa shape index (κ1) is 17.6. The van der Waals surface area contributed by atoms with Crippen LogP contribution in [0.4, 0.5) is 0 Å². The molecule has 0 unspecified atom stereocenters. The zero-order valence-electron chi connectivity index (χ0n) is 9.63. The Morgan fingerprint density at radius 3 is 1.62 bits per heavy atom. The van der Waals surface area contributed by atoms with Crippen LogP contribution in [0, 0.1) is 0 Å². The summed E-state index contributed by atoms with van der Waals surface area (Å²) in [6.07, 6.45) is 1.12. The predicted octanol–water partition coefficient (Wildman–Crippen LogP) is -0.832. The third kappa shape index (κ3) is 13.2. The predicted molar refractivity (Wildman–Crippen MR) is 57.0 cm³/mol. The molecule has 1 rings (SSSR count). The van der Waals surface area contributed by atoms with E-state index >= 15 is 0 Å². The van der Waals surface area contributed by atoms with Crippen molar-refractivity contribution in [2.75, 3.05) is 0 Å². The van der Waals surface area contributed by atoms with E-state index in [1.54, 1.807) is 0 Å². The number of benzene rings is 1. The van der Waals surface area contributed by atoms with Crippen LogP contribution in [0.1, 0.15) is 1.43 Å². The number of halogens is 1. The molecule has 1 aromatic carbocycles. The third-order valence-electron chi connectivity index (χ3n) is 1.10. The van der Waals surface area contributed by atoms with Crippen LogP contribution < -0.4 is 29.6 Å². The van der Waals surface area contributed by atoms with E-state index in [-0.39, 0.29) is 31.0 Å². The smallest absolute Gasteiger partial charge is 1.00 e. The molecule has 0 atom stereocenters. The van der Waals surface area contributed by atoms with Crippen molar-refractivity contribution < 1.29 is 50.8 Å². The van der Waals surface area contributed by atoms with Gasteiger partial charge in [-0.25, -0.2) is 9.59 Å². The average molecular weight is 253 g/mol. The van der Waals surface area contributed by atoms with Gasteiger partial charge in [-0.15, -0.1) is 0 Å². The summed E-state index contributed by atoms with van der Waals surface area (Å²) >= 11 is 5.54. The molecule has 0 aliphatic heterocycles. The van der Waals surface area contributed by atoms with Gasteiger partial charge in [0, 0.05) is 17.2 Å². The maximum Gasteiger partial charge on any atom is 1.00 e. The van der Waals surface area contributed by atoms with Gasteiger partial charge in [0.25, 0.3) is 0 Å². The van der Waals surface area contributed by atoms with Crippen LogP contribution in [0.3, 0.4) is 0 Å². The summed E-state index contributed by atoms with van der Waals surface area (Å²) in [5, 5.41) is 16.4. The van der Waals surface area contributed by atoms with E-state index in [1.807, 2.05) is 30.3 Å².